The zero-order chi connectivity index (χ0) is 20.9. The summed E-state index contributed by atoms with van der Waals surface area (Å²) in [6.07, 6.45) is 0.260. The highest BCUT2D eigenvalue weighted by Gasteiger charge is 2.49. The molecule has 5 nitrogen and oxygen atoms in total. The summed E-state index contributed by atoms with van der Waals surface area (Å²) in [4.78, 5) is 0.122. The molecule has 0 amide bonds. The molecule has 0 fully saturated rings. The van der Waals surface area contributed by atoms with Gasteiger partial charge in [-0.1, -0.05) is 48.0 Å². The Balaban J connectivity index is 1.76. The van der Waals surface area contributed by atoms with Gasteiger partial charge in [-0.15, -0.1) is 0 Å². The maximum Gasteiger partial charge on any atom is 0.275 e. The number of hydrogen-bond acceptors (Lipinski definition) is 4. The van der Waals surface area contributed by atoms with Crippen molar-refractivity contribution in [1.29, 1.82) is 0 Å². The van der Waals surface area contributed by atoms with E-state index in [1.807, 2.05) is 24.3 Å². The second-order valence-corrected chi connectivity index (χ2v) is 11.2. The molecule has 29 heavy (non-hydrogen) atoms. The number of halogens is 1. The van der Waals surface area contributed by atoms with Gasteiger partial charge in [-0.05, 0) is 65.9 Å². The summed E-state index contributed by atoms with van der Waals surface area (Å²) in [6.45, 7) is 0. The molecule has 0 heterocycles. The van der Waals surface area contributed by atoms with Crippen LogP contribution in [0.25, 0.3) is 0 Å². The van der Waals surface area contributed by atoms with Gasteiger partial charge in [0.1, 0.15) is 4.75 Å². The van der Waals surface area contributed by atoms with Gasteiger partial charge in [-0.25, -0.2) is 8.42 Å². The summed E-state index contributed by atoms with van der Waals surface area (Å²) >= 11 is 5.82. The molecule has 8 heteroatoms. The van der Waals surface area contributed by atoms with Crippen molar-refractivity contribution in [2.24, 2.45) is 0 Å². The number of fused-ring (bicyclic) bond motifs is 1. The van der Waals surface area contributed by atoms with Gasteiger partial charge in [0.05, 0.1) is 9.79 Å². The van der Waals surface area contributed by atoms with Crippen LogP contribution >= 0.6 is 11.6 Å². The van der Waals surface area contributed by atoms with Crippen molar-refractivity contribution in [2.75, 3.05) is 0 Å². The quantitative estimate of drug-likeness (QED) is 0.608. The van der Waals surface area contributed by atoms with E-state index in [4.69, 9.17) is 11.6 Å². The van der Waals surface area contributed by atoms with E-state index in [1.54, 1.807) is 0 Å². The molecule has 0 spiro atoms. The molecule has 1 aliphatic rings. The Morgan fingerprint density at radius 2 is 1.17 bits per heavy atom. The molecule has 4 rings (SSSR count). The predicted octanol–water partition coefficient (Wildman–Crippen LogP) is 4.05. The first-order chi connectivity index (χ1) is 13.6. The number of benzene rings is 3. The number of hydrogen-bond donors (Lipinski definition) is 1. The molecule has 1 aliphatic carbocycles. The molecule has 3 aromatic carbocycles. The molecule has 0 saturated heterocycles. The van der Waals surface area contributed by atoms with Gasteiger partial charge in [-0.3, -0.25) is 4.55 Å². The zero-order valence-corrected chi connectivity index (χ0v) is 17.5. The van der Waals surface area contributed by atoms with Gasteiger partial charge in [0.2, 0.25) is 9.84 Å². The van der Waals surface area contributed by atoms with Crippen LogP contribution in [-0.2, 0) is 37.5 Å². The molecule has 0 aliphatic heterocycles. The first-order valence-corrected chi connectivity index (χ1v) is 12.1. The Labute approximate surface area is 174 Å². The summed E-state index contributed by atoms with van der Waals surface area (Å²) in [6, 6.07) is 18.8. The zero-order valence-electron chi connectivity index (χ0n) is 15.1. The van der Waals surface area contributed by atoms with E-state index in [-0.39, 0.29) is 22.6 Å². The highest BCUT2D eigenvalue weighted by atomic mass is 35.5. The van der Waals surface area contributed by atoms with Crippen LogP contribution in [0.3, 0.4) is 0 Å². The van der Waals surface area contributed by atoms with Crippen LogP contribution in [0.4, 0.5) is 0 Å². The van der Waals surface area contributed by atoms with Crippen LogP contribution in [0.1, 0.15) is 16.7 Å². The smallest absolute Gasteiger partial charge is 0.275 e. The molecule has 0 bridgehead atoms. The lowest BCUT2D eigenvalue weighted by molar-refractivity contribution is 0.429. The van der Waals surface area contributed by atoms with Crippen molar-refractivity contribution in [3.8, 4) is 0 Å². The highest BCUT2D eigenvalue weighted by molar-refractivity contribution is 7.91. The van der Waals surface area contributed by atoms with E-state index in [2.05, 4.69) is 0 Å². The van der Waals surface area contributed by atoms with Gasteiger partial charge < -0.3 is 0 Å². The van der Waals surface area contributed by atoms with E-state index >= 15 is 0 Å². The first-order valence-electron chi connectivity index (χ1n) is 8.78. The maximum absolute atomic E-state index is 12.8. The third-order valence-corrected chi connectivity index (χ3v) is 8.93. The molecule has 0 unspecified atom stereocenters. The summed E-state index contributed by atoms with van der Waals surface area (Å²) in [5.41, 5.74) is 2.05. The number of rotatable bonds is 4. The SMILES string of the molecule is O=S(=O)(c1ccc(Cl)cc1)c1ccc(C2(S(=O)(=O)O)Cc3ccccc3C2)cc1. The molecular formula is C21H17ClO5S2. The summed E-state index contributed by atoms with van der Waals surface area (Å²) in [5.74, 6) is 0. The van der Waals surface area contributed by atoms with Crippen molar-refractivity contribution in [3.05, 3.63) is 94.5 Å². The minimum atomic E-state index is -4.45. The topological polar surface area (TPSA) is 88.5 Å². The maximum atomic E-state index is 12.8. The molecule has 3 aromatic rings. The fraction of sp³-hybridized carbons (Fsp3) is 0.143. The molecule has 150 valence electrons. The molecule has 0 radical (unpaired) electrons. The van der Waals surface area contributed by atoms with Crippen LogP contribution in [0.2, 0.25) is 5.02 Å². The molecule has 0 saturated carbocycles. The van der Waals surface area contributed by atoms with Crippen molar-refractivity contribution >= 4 is 31.6 Å². The van der Waals surface area contributed by atoms with Crippen molar-refractivity contribution in [3.63, 3.8) is 0 Å². The van der Waals surface area contributed by atoms with E-state index < -0.39 is 24.7 Å². The average molecular weight is 449 g/mol. The Bertz CT molecular complexity index is 1250. The normalized spacial score (nSPS) is 15.8. The van der Waals surface area contributed by atoms with Crippen LogP contribution in [0.5, 0.6) is 0 Å². The van der Waals surface area contributed by atoms with Crippen LogP contribution in [-0.4, -0.2) is 21.4 Å². The second kappa shape index (κ2) is 6.95. The van der Waals surface area contributed by atoms with Gasteiger partial charge in [0, 0.05) is 5.02 Å². The van der Waals surface area contributed by atoms with Crippen LogP contribution in [0, 0.1) is 0 Å². The van der Waals surface area contributed by atoms with Gasteiger partial charge in [0.15, 0.2) is 0 Å². The van der Waals surface area contributed by atoms with E-state index in [1.165, 1.54) is 48.5 Å². The third kappa shape index (κ3) is 3.38. The lowest BCUT2D eigenvalue weighted by Gasteiger charge is -2.26. The van der Waals surface area contributed by atoms with Gasteiger partial charge >= 0.3 is 0 Å². The van der Waals surface area contributed by atoms with Crippen molar-refractivity contribution in [1.82, 2.24) is 0 Å². The molecule has 0 aromatic heterocycles. The molecule has 0 atom stereocenters. The molecule has 1 N–H and O–H groups in total. The summed E-state index contributed by atoms with van der Waals surface area (Å²) in [5, 5.41) is 0.426. The van der Waals surface area contributed by atoms with Crippen LogP contribution < -0.4 is 0 Å². The summed E-state index contributed by atoms with van der Waals surface area (Å²) in [7, 11) is -8.23. The van der Waals surface area contributed by atoms with E-state index in [0.29, 0.717) is 10.6 Å². The molecular weight excluding hydrogens is 432 g/mol. The first kappa shape index (κ1) is 20.1. The Morgan fingerprint density at radius 1 is 0.724 bits per heavy atom. The predicted molar refractivity (Wildman–Crippen MR) is 110 cm³/mol. The highest BCUT2D eigenvalue weighted by Crippen LogP contribution is 2.43. The van der Waals surface area contributed by atoms with Gasteiger partial charge in [0.25, 0.3) is 10.1 Å². The van der Waals surface area contributed by atoms with Crippen molar-refractivity contribution in [2.45, 2.75) is 27.4 Å². The fourth-order valence-electron chi connectivity index (χ4n) is 3.80. The van der Waals surface area contributed by atoms with E-state index in [0.717, 1.165) is 11.1 Å². The van der Waals surface area contributed by atoms with Gasteiger partial charge in [-0.2, -0.15) is 8.42 Å². The van der Waals surface area contributed by atoms with Crippen molar-refractivity contribution < 1.29 is 21.4 Å². The summed E-state index contributed by atoms with van der Waals surface area (Å²) < 4.78 is 59.0. The third-order valence-electron chi connectivity index (χ3n) is 5.38. The fourth-order valence-corrected chi connectivity index (χ4v) is 6.30. The Hall–Kier alpha value is -2.19. The standard InChI is InChI=1S/C21H17ClO5S2/c22-18-7-11-20(12-8-18)28(23,24)19-9-5-17(6-10-19)21(29(25,26)27)13-15-3-1-2-4-16(15)14-21/h1-12H,13-14H2,(H,25,26,27). The monoisotopic (exact) mass is 448 g/mol. The number of sulfone groups is 1. The largest absolute Gasteiger partial charge is 0.285 e. The lowest BCUT2D eigenvalue weighted by atomic mass is 9.95. The average Bonchev–Trinajstić information content (AvgIpc) is 3.09. The van der Waals surface area contributed by atoms with Crippen LogP contribution in [0.15, 0.2) is 82.6 Å². The second-order valence-electron chi connectivity index (χ2n) is 7.07. The Kier molecular flexibility index (Phi) is 4.82. The van der Waals surface area contributed by atoms with E-state index in [9.17, 15) is 21.4 Å². The minimum Gasteiger partial charge on any atom is -0.285 e. The minimum absolute atomic E-state index is 0.0320. The Morgan fingerprint density at radius 3 is 1.62 bits per heavy atom. The lowest BCUT2D eigenvalue weighted by Crippen LogP contribution is -2.36.